The number of terminal acetylenes is 1. The van der Waals surface area contributed by atoms with Gasteiger partial charge in [0.25, 0.3) is 0 Å². The molecular formula is C11H16F3N. The molecule has 0 aromatic heterocycles. The summed E-state index contributed by atoms with van der Waals surface area (Å²) in [5.74, 6) is 0.731. The molecule has 0 spiro atoms. The first-order chi connectivity index (χ1) is 6.99. The van der Waals surface area contributed by atoms with Crippen LogP contribution in [0.4, 0.5) is 13.2 Å². The molecule has 0 aromatic rings. The molecule has 3 unspecified atom stereocenters. The first-order valence-corrected chi connectivity index (χ1v) is 5.16. The van der Waals surface area contributed by atoms with Crippen LogP contribution in [0.1, 0.15) is 25.7 Å². The van der Waals surface area contributed by atoms with E-state index in [1.807, 2.05) is 0 Å². The molecule has 0 bridgehead atoms. The molecule has 1 aliphatic rings. The Labute approximate surface area is 88.4 Å². The smallest absolute Gasteiger partial charge is 0.317 e. The van der Waals surface area contributed by atoms with Crippen molar-refractivity contribution >= 4 is 0 Å². The highest BCUT2D eigenvalue weighted by Crippen LogP contribution is 2.42. The van der Waals surface area contributed by atoms with Crippen LogP contribution in [0, 0.1) is 24.2 Å². The average molecular weight is 219 g/mol. The van der Waals surface area contributed by atoms with Gasteiger partial charge in [0, 0.05) is 12.5 Å². The molecule has 1 aliphatic carbocycles. The zero-order valence-electron chi connectivity index (χ0n) is 8.77. The second-order valence-corrected chi connectivity index (χ2v) is 4.12. The molecule has 0 radical (unpaired) electrons. The minimum atomic E-state index is -4.10. The van der Waals surface area contributed by atoms with Crippen molar-refractivity contribution in [1.82, 2.24) is 5.32 Å². The van der Waals surface area contributed by atoms with E-state index in [4.69, 9.17) is 6.42 Å². The second-order valence-electron chi connectivity index (χ2n) is 4.12. The van der Waals surface area contributed by atoms with Crippen molar-refractivity contribution < 1.29 is 13.2 Å². The maximum atomic E-state index is 12.7. The second kappa shape index (κ2) is 4.89. The zero-order chi connectivity index (χ0) is 11.5. The lowest BCUT2D eigenvalue weighted by Crippen LogP contribution is -2.41. The number of nitrogens with one attached hydrogen (secondary N) is 1. The highest BCUT2D eigenvalue weighted by molar-refractivity contribution is 4.94. The molecule has 0 saturated heterocycles. The van der Waals surface area contributed by atoms with Crippen LogP contribution in [-0.2, 0) is 0 Å². The highest BCUT2D eigenvalue weighted by Gasteiger charge is 2.46. The van der Waals surface area contributed by atoms with Gasteiger partial charge in [-0.3, -0.25) is 0 Å². The molecule has 1 rings (SSSR count). The average Bonchev–Trinajstić information content (AvgIpc) is 2.16. The van der Waals surface area contributed by atoms with Gasteiger partial charge in [-0.15, -0.1) is 12.3 Å². The lowest BCUT2D eigenvalue weighted by atomic mass is 9.75. The number of alkyl halides is 3. The van der Waals surface area contributed by atoms with Gasteiger partial charge in [0.15, 0.2) is 0 Å². The fraction of sp³-hybridized carbons (Fsp3) is 0.818. The molecule has 0 amide bonds. The summed E-state index contributed by atoms with van der Waals surface area (Å²) in [5.41, 5.74) is 0. The Kier molecular flexibility index (Phi) is 4.04. The van der Waals surface area contributed by atoms with E-state index in [1.54, 1.807) is 7.05 Å². The van der Waals surface area contributed by atoms with E-state index >= 15 is 0 Å². The summed E-state index contributed by atoms with van der Waals surface area (Å²) in [4.78, 5) is 0. The Morgan fingerprint density at radius 2 is 2.07 bits per heavy atom. The third-order valence-corrected chi connectivity index (χ3v) is 3.19. The molecule has 1 nitrogen and oxygen atoms in total. The monoisotopic (exact) mass is 219 g/mol. The molecule has 0 heterocycles. The minimum Gasteiger partial charge on any atom is -0.317 e. The zero-order valence-corrected chi connectivity index (χ0v) is 8.77. The minimum absolute atomic E-state index is 0.182. The quantitative estimate of drug-likeness (QED) is 0.704. The highest BCUT2D eigenvalue weighted by atomic mass is 19.4. The van der Waals surface area contributed by atoms with Crippen LogP contribution >= 0.6 is 0 Å². The lowest BCUT2D eigenvalue weighted by molar-refractivity contribution is -0.196. The van der Waals surface area contributed by atoms with Crippen molar-refractivity contribution in [2.45, 2.75) is 37.9 Å². The maximum Gasteiger partial charge on any atom is 0.392 e. The summed E-state index contributed by atoms with van der Waals surface area (Å²) < 4.78 is 38.0. The summed E-state index contributed by atoms with van der Waals surface area (Å²) in [7, 11) is 1.78. The molecule has 1 saturated carbocycles. The largest absolute Gasteiger partial charge is 0.392 e. The summed E-state index contributed by atoms with van der Waals surface area (Å²) >= 11 is 0. The van der Waals surface area contributed by atoms with Crippen LogP contribution in [0.3, 0.4) is 0 Å². The van der Waals surface area contributed by atoms with Gasteiger partial charge in [-0.05, 0) is 32.2 Å². The molecular weight excluding hydrogens is 203 g/mol. The van der Waals surface area contributed by atoms with Crippen molar-refractivity contribution in [1.29, 1.82) is 0 Å². The number of hydrogen-bond acceptors (Lipinski definition) is 1. The van der Waals surface area contributed by atoms with E-state index in [-0.39, 0.29) is 18.9 Å². The summed E-state index contributed by atoms with van der Waals surface area (Å²) in [5, 5.41) is 3.03. The van der Waals surface area contributed by atoms with Crippen molar-refractivity contribution in [3.05, 3.63) is 0 Å². The Hall–Kier alpha value is -0.690. The van der Waals surface area contributed by atoms with Crippen LogP contribution in [0.5, 0.6) is 0 Å². The number of hydrogen-bond donors (Lipinski definition) is 1. The van der Waals surface area contributed by atoms with Gasteiger partial charge in [0.1, 0.15) is 0 Å². The van der Waals surface area contributed by atoms with Crippen LogP contribution in [0.25, 0.3) is 0 Å². The van der Waals surface area contributed by atoms with Crippen LogP contribution in [0.2, 0.25) is 0 Å². The van der Waals surface area contributed by atoms with Crippen LogP contribution < -0.4 is 5.32 Å². The summed E-state index contributed by atoms with van der Waals surface area (Å²) in [6.45, 7) is 0. The van der Waals surface area contributed by atoms with Crippen molar-refractivity contribution in [3.63, 3.8) is 0 Å². The molecule has 3 atom stereocenters. The predicted molar refractivity (Wildman–Crippen MR) is 53.2 cm³/mol. The van der Waals surface area contributed by atoms with E-state index in [1.165, 1.54) is 0 Å². The van der Waals surface area contributed by atoms with E-state index < -0.39 is 18.0 Å². The van der Waals surface area contributed by atoms with E-state index in [0.29, 0.717) is 12.8 Å². The van der Waals surface area contributed by atoms with Gasteiger partial charge >= 0.3 is 6.18 Å². The standard InChI is InChI=1S/C11H16F3N/c1-3-4-8-7-9(15-2)5-6-10(8)11(12,13)14/h1,8-10,15H,4-7H2,2H3. The van der Waals surface area contributed by atoms with Gasteiger partial charge < -0.3 is 5.32 Å². The molecule has 1 fully saturated rings. The van der Waals surface area contributed by atoms with Crippen LogP contribution in [-0.4, -0.2) is 19.3 Å². The molecule has 0 aliphatic heterocycles. The maximum absolute atomic E-state index is 12.7. The molecule has 0 aromatic carbocycles. The van der Waals surface area contributed by atoms with Gasteiger partial charge in [-0.1, -0.05) is 0 Å². The number of halogens is 3. The SMILES string of the molecule is C#CCC1CC(NC)CCC1C(F)(F)F. The third kappa shape index (κ3) is 3.13. The Morgan fingerprint density at radius 3 is 2.53 bits per heavy atom. The van der Waals surface area contributed by atoms with Gasteiger partial charge in [-0.25, -0.2) is 0 Å². The lowest BCUT2D eigenvalue weighted by Gasteiger charge is -2.36. The summed E-state index contributed by atoms with van der Waals surface area (Å²) in [6.07, 6.45) is 2.56. The van der Waals surface area contributed by atoms with E-state index in [2.05, 4.69) is 11.2 Å². The van der Waals surface area contributed by atoms with Crippen LogP contribution in [0.15, 0.2) is 0 Å². The predicted octanol–water partition coefficient (Wildman–Crippen LogP) is 2.58. The summed E-state index contributed by atoms with van der Waals surface area (Å²) in [6, 6.07) is 0.182. The van der Waals surface area contributed by atoms with E-state index in [0.717, 1.165) is 0 Å². The third-order valence-electron chi connectivity index (χ3n) is 3.19. The fourth-order valence-corrected chi connectivity index (χ4v) is 2.33. The van der Waals surface area contributed by atoms with Crippen molar-refractivity contribution in [2.75, 3.05) is 7.05 Å². The molecule has 4 heteroatoms. The Bertz CT molecular complexity index is 241. The van der Waals surface area contributed by atoms with Crippen molar-refractivity contribution in [2.24, 2.45) is 11.8 Å². The normalized spacial score (nSPS) is 32.3. The Morgan fingerprint density at radius 1 is 1.40 bits per heavy atom. The molecule has 86 valence electrons. The van der Waals surface area contributed by atoms with E-state index in [9.17, 15) is 13.2 Å². The van der Waals surface area contributed by atoms with Gasteiger partial charge in [0.05, 0.1) is 5.92 Å². The van der Waals surface area contributed by atoms with Gasteiger partial charge in [-0.2, -0.15) is 13.2 Å². The fourth-order valence-electron chi connectivity index (χ4n) is 2.33. The first kappa shape index (κ1) is 12.4. The Balaban J connectivity index is 2.68. The topological polar surface area (TPSA) is 12.0 Å². The van der Waals surface area contributed by atoms with Crippen molar-refractivity contribution in [3.8, 4) is 12.3 Å². The first-order valence-electron chi connectivity index (χ1n) is 5.16. The molecule has 1 N–H and O–H groups in total. The number of rotatable bonds is 2. The van der Waals surface area contributed by atoms with Gasteiger partial charge in [0.2, 0.25) is 0 Å². The molecule has 15 heavy (non-hydrogen) atoms.